The molecule has 0 spiro atoms. The minimum absolute atomic E-state index is 0.200. The van der Waals surface area contributed by atoms with E-state index in [1.54, 1.807) is 6.07 Å². The predicted octanol–water partition coefficient (Wildman–Crippen LogP) is 4.25. The molecule has 2 aromatic carbocycles. The molecule has 4 aromatic rings. The van der Waals surface area contributed by atoms with Crippen molar-refractivity contribution < 1.29 is 4.74 Å². The highest BCUT2D eigenvalue weighted by molar-refractivity contribution is 5.60. The number of aromatic nitrogens is 5. The third-order valence-corrected chi connectivity index (χ3v) is 4.25. The smallest absolute Gasteiger partial charge is 0.226 e. The van der Waals surface area contributed by atoms with Gasteiger partial charge in [0.2, 0.25) is 17.8 Å². The number of H-pyrrole nitrogens is 1. The van der Waals surface area contributed by atoms with Gasteiger partial charge >= 0.3 is 0 Å². The van der Waals surface area contributed by atoms with Crippen LogP contribution in [0.15, 0.2) is 54.6 Å². The number of rotatable bonds is 6. The standard InChI is InChI=1S/C21H21N7O/c1-3-15-12-18(25-20(22)23-15)29-17-9-7-14(8-10-17)19-26-21(28-27-19)24-16-6-4-5-13(2)11-16/h4-12H,3H2,1-2H3,(H2,22,23,25)(H2,24,26,27,28). The van der Waals surface area contributed by atoms with Crippen LogP contribution in [0.25, 0.3) is 11.4 Å². The Hall–Kier alpha value is -3.94. The number of ether oxygens (including phenoxy) is 1. The molecule has 8 heteroatoms. The molecule has 146 valence electrons. The van der Waals surface area contributed by atoms with Crippen LogP contribution in [-0.2, 0) is 6.42 Å². The Bertz CT molecular complexity index is 1120. The molecule has 0 saturated heterocycles. The second-order valence-corrected chi connectivity index (χ2v) is 6.55. The minimum atomic E-state index is 0.200. The van der Waals surface area contributed by atoms with Gasteiger partial charge in [-0.2, -0.15) is 4.98 Å². The fourth-order valence-electron chi connectivity index (χ4n) is 2.83. The first-order chi connectivity index (χ1) is 14.1. The number of aromatic amines is 1. The molecule has 4 rings (SSSR count). The first kappa shape index (κ1) is 18.4. The summed E-state index contributed by atoms with van der Waals surface area (Å²) in [6.45, 7) is 4.04. The fourth-order valence-corrected chi connectivity index (χ4v) is 2.83. The number of benzene rings is 2. The van der Waals surface area contributed by atoms with Crippen molar-refractivity contribution in [3.05, 3.63) is 65.9 Å². The average Bonchev–Trinajstić information content (AvgIpc) is 3.16. The van der Waals surface area contributed by atoms with Crippen molar-refractivity contribution in [2.24, 2.45) is 0 Å². The highest BCUT2D eigenvalue weighted by Crippen LogP contribution is 2.25. The molecule has 0 atom stereocenters. The lowest BCUT2D eigenvalue weighted by molar-refractivity contribution is 0.461. The normalized spacial score (nSPS) is 10.7. The third-order valence-electron chi connectivity index (χ3n) is 4.25. The summed E-state index contributed by atoms with van der Waals surface area (Å²) in [7, 11) is 0. The van der Waals surface area contributed by atoms with Crippen LogP contribution in [0, 0.1) is 6.92 Å². The minimum Gasteiger partial charge on any atom is -0.439 e. The molecule has 0 bridgehead atoms. The van der Waals surface area contributed by atoms with Crippen LogP contribution < -0.4 is 15.8 Å². The van der Waals surface area contributed by atoms with E-state index in [1.807, 2.05) is 62.4 Å². The summed E-state index contributed by atoms with van der Waals surface area (Å²) in [4.78, 5) is 11.4. The average molecular weight is 387 g/mol. The van der Waals surface area contributed by atoms with Gasteiger partial charge in [-0.1, -0.05) is 19.1 Å². The van der Waals surface area contributed by atoms with Crippen molar-refractivity contribution in [2.45, 2.75) is 20.3 Å². The molecule has 0 amide bonds. The van der Waals surface area contributed by atoms with Gasteiger partial charge in [0.15, 0.2) is 5.82 Å². The van der Waals surface area contributed by atoms with Gasteiger partial charge in [-0.15, -0.1) is 10.2 Å². The van der Waals surface area contributed by atoms with Crippen LogP contribution in [0.2, 0.25) is 0 Å². The molecule has 8 nitrogen and oxygen atoms in total. The number of hydrogen-bond donors (Lipinski definition) is 3. The molecule has 0 radical (unpaired) electrons. The van der Waals surface area contributed by atoms with Gasteiger partial charge < -0.3 is 20.8 Å². The van der Waals surface area contributed by atoms with Crippen LogP contribution in [0.5, 0.6) is 11.6 Å². The van der Waals surface area contributed by atoms with E-state index in [0.29, 0.717) is 23.4 Å². The Morgan fingerprint density at radius 2 is 1.86 bits per heavy atom. The first-order valence-electron chi connectivity index (χ1n) is 9.27. The van der Waals surface area contributed by atoms with E-state index in [2.05, 4.69) is 30.5 Å². The van der Waals surface area contributed by atoms with Crippen LogP contribution in [0.3, 0.4) is 0 Å². The second-order valence-electron chi connectivity index (χ2n) is 6.55. The maximum absolute atomic E-state index is 5.80. The Morgan fingerprint density at radius 1 is 1.03 bits per heavy atom. The van der Waals surface area contributed by atoms with Crippen LogP contribution >= 0.6 is 0 Å². The molecule has 0 unspecified atom stereocenters. The maximum atomic E-state index is 5.80. The summed E-state index contributed by atoms with van der Waals surface area (Å²) in [6.07, 6.45) is 0.756. The van der Waals surface area contributed by atoms with Crippen LogP contribution in [0.4, 0.5) is 17.6 Å². The monoisotopic (exact) mass is 387 g/mol. The van der Waals surface area contributed by atoms with Crippen molar-refractivity contribution in [1.82, 2.24) is 25.1 Å². The van der Waals surface area contributed by atoms with E-state index in [9.17, 15) is 0 Å². The molecule has 0 aliphatic carbocycles. The zero-order chi connectivity index (χ0) is 20.2. The summed E-state index contributed by atoms with van der Waals surface area (Å²) in [5.74, 6) is 2.50. The zero-order valence-electron chi connectivity index (χ0n) is 16.2. The van der Waals surface area contributed by atoms with Gasteiger partial charge in [0, 0.05) is 23.0 Å². The van der Waals surface area contributed by atoms with Gasteiger partial charge in [0.05, 0.1) is 0 Å². The SMILES string of the molecule is CCc1cc(Oc2ccc(-c3nnc(Nc4cccc(C)c4)[nH]3)cc2)nc(N)n1. The summed E-state index contributed by atoms with van der Waals surface area (Å²) in [6, 6.07) is 17.3. The van der Waals surface area contributed by atoms with Crippen molar-refractivity contribution in [3.63, 3.8) is 0 Å². The number of nitrogens with one attached hydrogen (secondary N) is 2. The van der Waals surface area contributed by atoms with E-state index in [0.717, 1.165) is 23.4 Å². The van der Waals surface area contributed by atoms with Crippen LogP contribution in [0.1, 0.15) is 18.2 Å². The molecule has 2 aromatic heterocycles. The largest absolute Gasteiger partial charge is 0.439 e. The molecular formula is C21H21N7O. The molecule has 0 aliphatic rings. The van der Waals surface area contributed by atoms with Crippen molar-refractivity contribution in [3.8, 4) is 23.0 Å². The number of nitrogen functional groups attached to an aromatic ring is 1. The second kappa shape index (κ2) is 7.97. The molecule has 0 fully saturated rings. The van der Waals surface area contributed by atoms with Crippen LogP contribution in [-0.4, -0.2) is 25.1 Å². The fraction of sp³-hybridized carbons (Fsp3) is 0.143. The molecule has 0 aliphatic heterocycles. The van der Waals surface area contributed by atoms with Gasteiger partial charge in [-0.3, -0.25) is 0 Å². The number of nitrogens with zero attached hydrogens (tertiary/aromatic N) is 4. The van der Waals surface area contributed by atoms with E-state index < -0.39 is 0 Å². The topological polar surface area (TPSA) is 115 Å². The molecule has 4 N–H and O–H groups in total. The number of hydrogen-bond acceptors (Lipinski definition) is 7. The lowest BCUT2D eigenvalue weighted by Crippen LogP contribution is -2.00. The van der Waals surface area contributed by atoms with E-state index in [4.69, 9.17) is 10.5 Å². The Balaban J connectivity index is 1.47. The van der Waals surface area contributed by atoms with Gasteiger partial charge in [0.1, 0.15) is 5.75 Å². The molecule has 0 saturated carbocycles. The summed E-state index contributed by atoms with van der Waals surface area (Å²) >= 11 is 0. The Kier molecular flexibility index (Phi) is 5.07. The first-order valence-corrected chi connectivity index (χ1v) is 9.27. The highest BCUT2D eigenvalue weighted by Gasteiger charge is 2.08. The van der Waals surface area contributed by atoms with E-state index in [-0.39, 0.29) is 5.95 Å². The summed E-state index contributed by atoms with van der Waals surface area (Å²) < 4.78 is 5.80. The maximum Gasteiger partial charge on any atom is 0.226 e. The molecule has 29 heavy (non-hydrogen) atoms. The lowest BCUT2D eigenvalue weighted by atomic mass is 10.2. The van der Waals surface area contributed by atoms with Gasteiger partial charge in [0.25, 0.3) is 0 Å². The van der Waals surface area contributed by atoms with Crippen molar-refractivity contribution in [2.75, 3.05) is 11.1 Å². The third kappa shape index (κ3) is 4.49. The molecular weight excluding hydrogens is 366 g/mol. The predicted molar refractivity (Wildman–Crippen MR) is 112 cm³/mol. The zero-order valence-corrected chi connectivity index (χ0v) is 16.2. The van der Waals surface area contributed by atoms with Crippen molar-refractivity contribution in [1.29, 1.82) is 0 Å². The van der Waals surface area contributed by atoms with Crippen molar-refractivity contribution >= 4 is 17.6 Å². The van der Waals surface area contributed by atoms with E-state index in [1.165, 1.54) is 5.56 Å². The Labute approximate surface area is 168 Å². The summed E-state index contributed by atoms with van der Waals surface area (Å²) in [5, 5.41) is 11.6. The highest BCUT2D eigenvalue weighted by atomic mass is 16.5. The lowest BCUT2D eigenvalue weighted by Gasteiger charge is -2.07. The Morgan fingerprint density at radius 3 is 2.62 bits per heavy atom. The quantitative estimate of drug-likeness (QED) is 0.453. The number of anilines is 3. The van der Waals surface area contributed by atoms with E-state index >= 15 is 0 Å². The number of aryl methyl sites for hydroxylation is 2. The summed E-state index contributed by atoms with van der Waals surface area (Å²) in [5.41, 5.74) is 9.57. The van der Waals surface area contributed by atoms with Gasteiger partial charge in [-0.25, -0.2) is 4.98 Å². The van der Waals surface area contributed by atoms with Gasteiger partial charge in [-0.05, 0) is 55.3 Å². The number of nitrogens with two attached hydrogens (primary N) is 1. The molecule has 2 heterocycles.